The molecule has 0 aromatic heterocycles. The fourth-order valence-corrected chi connectivity index (χ4v) is 3.72. The zero-order chi connectivity index (χ0) is 15.3. The second-order valence-corrected chi connectivity index (χ2v) is 6.54. The maximum Gasteiger partial charge on any atom is 0.123 e. The quantitative estimate of drug-likeness (QED) is 0.826. The number of halogens is 1. The van der Waals surface area contributed by atoms with Gasteiger partial charge < -0.3 is 10.2 Å². The molecule has 1 unspecified atom stereocenters. The molecule has 118 valence electrons. The number of hydrogen-bond donors (Lipinski definition) is 1. The smallest absolute Gasteiger partial charge is 0.123 e. The van der Waals surface area contributed by atoms with E-state index in [2.05, 4.69) is 31.2 Å². The van der Waals surface area contributed by atoms with Gasteiger partial charge in [0.1, 0.15) is 5.82 Å². The van der Waals surface area contributed by atoms with E-state index in [1.165, 1.54) is 31.2 Å². The van der Waals surface area contributed by atoms with Crippen LogP contribution in [0.5, 0.6) is 0 Å². The fourth-order valence-electron chi connectivity index (χ4n) is 3.72. The normalized spacial score (nSPS) is 19.1. The molecule has 1 fully saturated rings. The number of rotatable bonds is 7. The summed E-state index contributed by atoms with van der Waals surface area (Å²) in [6, 6.07) is 7.43. The Kier molecular flexibility index (Phi) is 5.77. The molecule has 1 aromatic carbocycles. The minimum Gasteiger partial charge on any atom is -0.312 e. The first-order valence-corrected chi connectivity index (χ1v) is 8.24. The van der Waals surface area contributed by atoms with Gasteiger partial charge in [-0.25, -0.2) is 4.39 Å². The predicted molar refractivity (Wildman–Crippen MR) is 87.1 cm³/mol. The summed E-state index contributed by atoms with van der Waals surface area (Å²) in [5.41, 5.74) is 1.46. The topological polar surface area (TPSA) is 15.3 Å². The predicted octanol–water partition coefficient (Wildman–Crippen LogP) is 3.61. The molecule has 0 aliphatic heterocycles. The summed E-state index contributed by atoms with van der Waals surface area (Å²) in [6.07, 6.45) is 7.24. The van der Waals surface area contributed by atoms with Crippen LogP contribution in [0.25, 0.3) is 0 Å². The summed E-state index contributed by atoms with van der Waals surface area (Å²) in [4.78, 5) is 2.41. The highest BCUT2D eigenvalue weighted by molar-refractivity contribution is 5.19. The van der Waals surface area contributed by atoms with E-state index < -0.39 is 0 Å². The molecule has 0 bridgehead atoms. The van der Waals surface area contributed by atoms with Crippen molar-refractivity contribution in [1.82, 2.24) is 10.2 Å². The Labute approximate surface area is 128 Å². The maximum atomic E-state index is 13.1. The monoisotopic (exact) mass is 292 g/mol. The number of nitrogens with zero attached hydrogens (tertiary/aromatic N) is 1. The van der Waals surface area contributed by atoms with Gasteiger partial charge in [-0.05, 0) is 64.0 Å². The third-order valence-electron chi connectivity index (χ3n) is 5.00. The molecule has 0 spiro atoms. The van der Waals surface area contributed by atoms with Crippen molar-refractivity contribution >= 4 is 0 Å². The molecule has 21 heavy (non-hydrogen) atoms. The molecule has 1 aliphatic carbocycles. The fraction of sp³-hybridized carbons (Fsp3) is 0.667. The van der Waals surface area contributed by atoms with E-state index in [0.29, 0.717) is 6.04 Å². The minimum atomic E-state index is -0.153. The van der Waals surface area contributed by atoms with Crippen LogP contribution in [0.2, 0.25) is 0 Å². The Morgan fingerprint density at radius 1 is 1.19 bits per heavy atom. The standard InChI is InChI=1S/C18H29FN2/c1-4-13-20-17(14-15-7-9-16(19)10-8-15)18(21(2)3)11-5-6-12-18/h7-10,17,20H,4-6,11-14H2,1-3H3. The average molecular weight is 292 g/mol. The molecule has 1 aromatic rings. The van der Waals surface area contributed by atoms with Crippen molar-refractivity contribution in [1.29, 1.82) is 0 Å². The van der Waals surface area contributed by atoms with E-state index in [9.17, 15) is 4.39 Å². The molecule has 0 amide bonds. The molecule has 0 heterocycles. The highest BCUT2D eigenvalue weighted by Crippen LogP contribution is 2.37. The highest BCUT2D eigenvalue weighted by atomic mass is 19.1. The second-order valence-electron chi connectivity index (χ2n) is 6.54. The Bertz CT molecular complexity index is 421. The first kappa shape index (κ1) is 16.4. The van der Waals surface area contributed by atoms with Crippen molar-refractivity contribution < 1.29 is 4.39 Å². The van der Waals surface area contributed by atoms with Crippen molar-refractivity contribution in [2.45, 2.75) is 57.0 Å². The van der Waals surface area contributed by atoms with Crippen LogP contribution >= 0.6 is 0 Å². The SMILES string of the molecule is CCCNC(Cc1ccc(F)cc1)C1(N(C)C)CCCC1. The minimum absolute atomic E-state index is 0.153. The summed E-state index contributed by atoms with van der Waals surface area (Å²) in [6.45, 7) is 3.25. The molecule has 0 saturated heterocycles. The van der Waals surface area contributed by atoms with Gasteiger partial charge in [0, 0.05) is 11.6 Å². The van der Waals surface area contributed by atoms with Crippen LogP contribution in [0.4, 0.5) is 4.39 Å². The number of benzene rings is 1. The molecule has 1 aliphatic rings. The lowest BCUT2D eigenvalue weighted by Gasteiger charge is -2.44. The zero-order valence-corrected chi connectivity index (χ0v) is 13.7. The average Bonchev–Trinajstić information content (AvgIpc) is 2.96. The lowest BCUT2D eigenvalue weighted by molar-refractivity contribution is 0.104. The van der Waals surface area contributed by atoms with E-state index in [1.54, 1.807) is 12.1 Å². The highest BCUT2D eigenvalue weighted by Gasteiger charge is 2.42. The number of likely N-dealkylation sites (N-methyl/N-ethyl adjacent to an activating group) is 1. The van der Waals surface area contributed by atoms with Gasteiger partial charge in [0.05, 0.1) is 0 Å². The largest absolute Gasteiger partial charge is 0.312 e. The van der Waals surface area contributed by atoms with Gasteiger partial charge in [-0.3, -0.25) is 0 Å². The molecule has 2 rings (SSSR count). The van der Waals surface area contributed by atoms with Gasteiger partial charge in [0.15, 0.2) is 0 Å². The van der Waals surface area contributed by atoms with Gasteiger partial charge in [0.2, 0.25) is 0 Å². The Hall–Kier alpha value is -0.930. The third kappa shape index (κ3) is 3.83. The van der Waals surface area contributed by atoms with Crippen molar-refractivity contribution in [3.8, 4) is 0 Å². The van der Waals surface area contributed by atoms with Crippen molar-refractivity contribution in [2.75, 3.05) is 20.6 Å². The first-order chi connectivity index (χ1) is 10.1. The van der Waals surface area contributed by atoms with E-state index in [-0.39, 0.29) is 11.4 Å². The Morgan fingerprint density at radius 3 is 2.33 bits per heavy atom. The van der Waals surface area contributed by atoms with Crippen molar-refractivity contribution in [2.24, 2.45) is 0 Å². The van der Waals surface area contributed by atoms with Crippen LogP contribution in [-0.4, -0.2) is 37.1 Å². The van der Waals surface area contributed by atoms with E-state index in [4.69, 9.17) is 0 Å². The van der Waals surface area contributed by atoms with Gasteiger partial charge >= 0.3 is 0 Å². The summed E-state index contributed by atoms with van der Waals surface area (Å²) < 4.78 is 13.1. The summed E-state index contributed by atoms with van der Waals surface area (Å²) in [5, 5.41) is 3.76. The first-order valence-electron chi connectivity index (χ1n) is 8.24. The Balaban J connectivity index is 2.18. The van der Waals surface area contributed by atoms with Gasteiger partial charge in [-0.1, -0.05) is 31.9 Å². The molecule has 2 nitrogen and oxygen atoms in total. The van der Waals surface area contributed by atoms with E-state index in [1.807, 2.05) is 12.1 Å². The lowest BCUT2D eigenvalue weighted by atomic mass is 9.83. The van der Waals surface area contributed by atoms with Crippen molar-refractivity contribution in [3.63, 3.8) is 0 Å². The van der Waals surface area contributed by atoms with Crippen LogP contribution in [0, 0.1) is 5.82 Å². The molecule has 1 saturated carbocycles. The summed E-state index contributed by atoms with van der Waals surface area (Å²) in [7, 11) is 4.41. The van der Waals surface area contributed by atoms with Crippen LogP contribution in [-0.2, 0) is 6.42 Å². The maximum absolute atomic E-state index is 13.1. The van der Waals surface area contributed by atoms with Crippen molar-refractivity contribution in [3.05, 3.63) is 35.6 Å². The third-order valence-corrected chi connectivity index (χ3v) is 5.00. The zero-order valence-electron chi connectivity index (χ0n) is 13.7. The van der Waals surface area contributed by atoms with Crippen LogP contribution < -0.4 is 5.32 Å². The molecule has 0 radical (unpaired) electrons. The van der Waals surface area contributed by atoms with Gasteiger partial charge in [-0.15, -0.1) is 0 Å². The molecular formula is C18H29FN2. The molecular weight excluding hydrogens is 263 g/mol. The van der Waals surface area contributed by atoms with Crippen LogP contribution in [0.1, 0.15) is 44.6 Å². The summed E-state index contributed by atoms with van der Waals surface area (Å²) >= 11 is 0. The lowest BCUT2D eigenvalue weighted by Crippen LogP contribution is -2.58. The molecule has 3 heteroatoms. The second kappa shape index (κ2) is 7.37. The molecule has 1 atom stereocenters. The Morgan fingerprint density at radius 2 is 1.81 bits per heavy atom. The number of nitrogens with one attached hydrogen (secondary N) is 1. The van der Waals surface area contributed by atoms with E-state index >= 15 is 0 Å². The number of hydrogen-bond acceptors (Lipinski definition) is 2. The summed E-state index contributed by atoms with van der Waals surface area (Å²) in [5.74, 6) is -0.153. The van der Waals surface area contributed by atoms with Gasteiger partial charge in [0.25, 0.3) is 0 Å². The van der Waals surface area contributed by atoms with Gasteiger partial charge in [-0.2, -0.15) is 0 Å². The molecule has 1 N–H and O–H groups in total. The van der Waals surface area contributed by atoms with E-state index in [0.717, 1.165) is 19.4 Å². The van der Waals surface area contributed by atoms with Crippen LogP contribution in [0.15, 0.2) is 24.3 Å². The van der Waals surface area contributed by atoms with Crippen LogP contribution in [0.3, 0.4) is 0 Å².